The molecule has 0 aromatic rings. The number of rotatable bonds is 3. The molecule has 0 saturated heterocycles. The zero-order chi connectivity index (χ0) is 11.3. The second-order valence-corrected chi connectivity index (χ2v) is 4.00. The topological polar surface area (TPSA) is 55.4 Å². The van der Waals surface area contributed by atoms with Gasteiger partial charge in [0, 0.05) is 18.4 Å². The lowest BCUT2D eigenvalue weighted by Gasteiger charge is -2.27. The summed E-state index contributed by atoms with van der Waals surface area (Å²) in [5.41, 5.74) is 0. The van der Waals surface area contributed by atoms with E-state index in [0.717, 1.165) is 25.7 Å². The van der Waals surface area contributed by atoms with Crippen LogP contribution in [0.4, 0.5) is 4.79 Å². The van der Waals surface area contributed by atoms with Crippen LogP contribution in [0.2, 0.25) is 0 Å². The molecule has 0 aliphatic heterocycles. The molecule has 0 aromatic heterocycles. The lowest BCUT2D eigenvalue weighted by molar-refractivity contribution is -0.123. The van der Waals surface area contributed by atoms with Gasteiger partial charge in [-0.3, -0.25) is 4.79 Å². The molecule has 0 aromatic carbocycles. The monoisotopic (exact) mass is 213 g/mol. The summed E-state index contributed by atoms with van der Waals surface area (Å²) in [5, 5.41) is 2.77. The van der Waals surface area contributed by atoms with Crippen LogP contribution in [0.25, 0.3) is 0 Å². The number of hydrogen-bond acceptors (Lipinski definition) is 3. The van der Waals surface area contributed by atoms with Crippen molar-refractivity contribution in [1.29, 1.82) is 0 Å². The number of amides is 1. The van der Waals surface area contributed by atoms with Crippen LogP contribution in [-0.2, 0) is 9.53 Å². The molecule has 4 heteroatoms. The van der Waals surface area contributed by atoms with Gasteiger partial charge in [0.2, 0.25) is 0 Å². The molecule has 1 aliphatic rings. The maximum absolute atomic E-state index is 11.4. The fourth-order valence-corrected chi connectivity index (χ4v) is 2.07. The van der Waals surface area contributed by atoms with Crippen molar-refractivity contribution >= 4 is 11.9 Å². The third-order valence-corrected chi connectivity index (χ3v) is 3.04. The molecule has 86 valence electrons. The van der Waals surface area contributed by atoms with E-state index in [1.165, 1.54) is 7.11 Å². The second kappa shape index (κ2) is 5.73. The van der Waals surface area contributed by atoms with Crippen LogP contribution in [0.1, 0.15) is 39.0 Å². The molecule has 1 aliphatic carbocycles. The van der Waals surface area contributed by atoms with Crippen molar-refractivity contribution in [3.63, 3.8) is 0 Å². The van der Waals surface area contributed by atoms with Crippen LogP contribution in [-0.4, -0.2) is 25.0 Å². The van der Waals surface area contributed by atoms with E-state index in [0.29, 0.717) is 12.2 Å². The maximum atomic E-state index is 11.4. The number of methoxy groups -OCH3 is 1. The van der Waals surface area contributed by atoms with Gasteiger partial charge < -0.3 is 10.1 Å². The SMILES string of the molecule is CCC(=O)C1CCC(NC(=O)OC)CC1. The summed E-state index contributed by atoms with van der Waals surface area (Å²) in [5.74, 6) is 0.567. The molecule has 4 nitrogen and oxygen atoms in total. The number of ether oxygens (including phenoxy) is 1. The minimum Gasteiger partial charge on any atom is -0.453 e. The van der Waals surface area contributed by atoms with Crippen LogP contribution >= 0.6 is 0 Å². The summed E-state index contributed by atoms with van der Waals surface area (Å²) in [6.45, 7) is 1.90. The first-order valence-corrected chi connectivity index (χ1v) is 5.54. The van der Waals surface area contributed by atoms with Gasteiger partial charge in [-0.25, -0.2) is 4.79 Å². The second-order valence-electron chi connectivity index (χ2n) is 4.00. The highest BCUT2D eigenvalue weighted by Gasteiger charge is 2.25. The lowest BCUT2D eigenvalue weighted by atomic mass is 9.83. The number of Topliss-reactive ketones (excluding diaryl/α,β-unsaturated/α-hetero) is 1. The van der Waals surface area contributed by atoms with E-state index in [-0.39, 0.29) is 18.1 Å². The first kappa shape index (κ1) is 12.0. The fraction of sp³-hybridized carbons (Fsp3) is 0.818. The molecule has 1 fully saturated rings. The Morgan fingerprint density at radius 1 is 1.27 bits per heavy atom. The molecular weight excluding hydrogens is 194 g/mol. The summed E-state index contributed by atoms with van der Waals surface area (Å²) < 4.78 is 4.53. The Morgan fingerprint density at radius 3 is 2.33 bits per heavy atom. The van der Waals surface area contributed by atoms with Crippen molar-refractivity contribution in [3.8, 4) is 0 Å². The van der Waals surface area contributed by atoms with Crippen molar-refractivity contribution in [1.82, 2.24) is 5.32 Å². The highest BCUT2D eigenvalue weighted by molar-refractivity contribution is 5.80. The van der Waals surface area contributed by atoms with Crippen LogP contribution in [0.5, 0.6) is 0 Å². The van der Waals surface area contributed by atoms with Gasteiger partial charge >= 0.3 is 6.09 Å². The molecule has 1 amide bonds. The van der Waals surface area contributed by atoms with Gasteiger partial charge in [-0.15, -0.1) is 0 Å². The molecule has 1 saturated carbocycles. The zero-order valence-electron chi connectivity index (χ0n) is 9.41. The predicted molar refractivity (Wildman–Crippen MR) is 56.6 cm³/mol. The summed E-state index contributed by atoms with van der Waals surface area (Å²) >= 11 is 0. The van der Waals surface area contributed by atoms with Gasteiger partial charge in [-0.1, -0.05) is 6.92 Å². The molecular formula is C11H19NO3. The fourth-order valence-electron chi connectivity index (χ4n) is 2.07. The summed E-state index contributed by atoms with van der Waals surface area (Å²) in [4.78, 5) is 22.4. The van der Waals surface area contributed by atoms with Gasteiger partial charge in [0.25, 0.3) is 0 Å². The third kappa shape index (κ3) is 3.53. The van der Waals surface area contributed by atoms with E-state index in [9.17, 15) is 9.59 Å². The molecule has 0 heterocycles. The summed E-state index contributed by atoms with van der Waals surface area (Å²) in [6, 6.07) is 0.179. The molecule has 0 bridgehead atoms. The molecule has 0 spiro atoms. The Labute approximate surface area is 90.4 Å². The lowest BCUT2D eigenvalue weighted by Crippen LogP contribution is -2.38. The van der Waals surface area contributed by atoms with Crippen molar-refractivity contribution in [2.45, 2.75) is 45.1 Å². The Balaban J connectivity index is 2.29. The van der Waals surface area contributed by atoms with Crippen molar-refractivity contribution in [3.05, 3.63) is 0 Å². The average molecular weight is 213 g/mol. The van der Waals surface area contributed by atoms with Crippen molar-refractivity contribution < 1.29 is 14.3 Å². The molecule has 1 rings (SSSR count). The Morgan fingerprint density at radius 2 is 1.87 bits per heavy atom. The van der Waals surface area contributed by atoms with E-state index in [1.54, 1.807) is 0 Å². The van der Waals surface area contributed by atoms with E-state index < -0.39 is 0 Å². The first-order chi connectivity index (χ1) is 7.17. The average Bonchev–Trinajstić information content (AvgIpc) is 2.29. The van der Waals surface area contributed by atoms with Crippen molar-refractivity contribution in [2.75, 3.05) is 7.11 Å². The zero-order valence-corrected chi connectivity index (χ0v) is 9.41. The normalized spacial score (nSPS) is 25.7. The van der Waals surface area contributed by atoms with Gasteiger partial charge in [-0.2, -0.15) is 0 Å². The highest BCUT2D eigenvalue weighted by Crippen LogP contribution is 2.25. The molecule has 0 atom stereocenters. The largest absolute Gasteiger partial charge is 0.453 e. The van der Waals surface area contributed by atoms with Gasteiger partial charge in [0.05, 0.1) is 7.11 Å². The van der Waals surface area contributed by atoms with Gasteiger partial charge in [0.15, 0.2) is 0 Å². The molecule has 1 N–H and O–H groups in total. The third-order valence-electron chi connectivity index (χ3n) is 3.04. The van der Waals surface area contributed by atoms with Crippen LogP contribution < -0.4 is 5.32 Å². The van der Waals surface area contributed by atoms with Gasteiger partial charge in [0.1, 0.15) is 5.78 Å². The highest BCUT2D eigenvalue weighted by atomic mass is 16.5. The molecule has 15 heavy (non-hydrogen) atoms. The van der Waals surface area contributed by atoms with Crippen LogP contribution in [0, 0.1) is 5.92 Å². The Kier molecular flexibility index (Phi) is 4.59. The summed E-state index contributed by atoms with van der Waals surface area (Å²) in [6.07, 6.45) is 3.79. The van der Waals surface area contributed by atoms with E-state index in [4.69, 9.17) is 0 Å². The standard InChI is InChI=1S/C11H19NO3/c1-3-10(13)8-4-6-9(7-5-8)12-11(14)15-2/h8-9H,3-7H2,1-2H3,(H,12,14). The molecule has 0 unspecified atom stereocenters. The predicted octanol–water partition coefficient (Wildman–Crippen LogP) is 1.88. The quantitative estimate of drug-likeness (QED) is 0.778. The molecule has 0 radical (unpaired) electrons. The minimum absolute atomic E-state index is 0.179. The van der Waals surface area contributed by atoms with Gasteiger partial charge in [-0.05, 0) is 25.7 Å². The summed E-state index contributed by atoms with van der Waals surface area (Å²) in [7, 11) is 1.36. The number of ketones is 1. The van der Waals surface area contributed by atoms with Crippen LogP contribution in [0.3, 0.4) is 0 Å². The number of hydrogen-bond donors (Lipinski definition) is 1. The Bertz CT molecular complexity index is 232. The minimum atomic E-state index is -0.375. The number of alkyl carbamates (subject to hydrolysis) is 1. The number of carbonyl (C=O) groups excluding carboxylic acids is 2. The number of nitrogens with one attached hydrogen (secondary N) is 1. The smallest absolute Gasteiger partial charge is 0.407 e. The van der Waals surface area contributed by atoms with E-state index in [1.807, 2.05) is 6.92 Å². The Hall–Kier alpha value is -1.06. The first-order valence-electron chi connectivity index (χ1n) is 5.54. The van der Waals surface area contributed by atoms with Crippen LogP contribution in [0.15, 0.2) is 0 Å². The van der Waals surface area contributed by atoms with E-state index in [2.05, 4.69) is 10.1 Å². The van der Waals surface area contributed by atoms with E-state index >= 15 is 0 Å². The van der Waals surface area contributed by atoms with Crippen molar-refractivity contribution in [2.24, 2.45) is 5.92 Å². The number of carbonyl (C=O) groups is 2. The maximum Gasteiger partial charge on any atom is 0.407 e.